The van der Waals surface area contributed by atoms with Gasteiger partial charge in [0.2, 0.25) is 11.8 Å². The molecule has 2 saturated heterocycles. The number of carbonyl (C=O) groups is 4. The Labute approximate surface area is 254 Å². The van der Waals surface area contributed by atoms with Gasteiger partial charge in [0.25, 0.3) is 11.8 Å². The average molecular weight is 623 g/mol. The van der Waals surface area contributed by atoms with Crippen molar-refractivity contribution in [3.05, 3.63) is 102 Å². The number of fused-ring (bicyclic) bond motifs is 4. The van der Waals surface area contributed by atoms with Crippen molar-refractivity contribution in [2.45, 2.75) is 28.5 Å². The molecule has 3 aromatic rings. The molecule has 2 aliphatic heterocycles. The van der Waals surface area contributed by atoms with Crippen molar-refractivity contribution in [2.24, 2.45) is 17.8 Å². The van der Waals surface area contributed by atoms with Crippen LogP contribution in [0.5, 0.6) is 5.75 Å². The fraction of sp³-hybridized carbons (Fsp3) is 0.250. The van der Waals surface area contributed by atoms with Crippen molar-refractivity contribution in [3.63, 3.8) is 0 Å². The maximum absolute atomic E-state index is 14.8. The van der Waals surface area contributed by atoms with Crippen LogP contribution in [-0.4, -0.2) is 38.5 Å². The summed E-state index contributed by atoms with van der Waals surface area (Å²) in [5, 5.41) is 10.9. The van der Waals surface area contributed by atoms with Crippen molar-refractivity contribution < 1.29 is 33.1 Å². The molecule has 4 aliphatic rings. The number of carbonyl (C=O) groups excluding carboxylic acids is 4. The Balaban J connectivity index is 1.42. The van der Waals surface area contributed by atoms with Gasteiger partial charge in [-0.2, -0.15) is 0 Å². The molecule has 4 amide bonds. The molecule has 43 heavy (non-hydrogen) atoms. The first-order valence-electron chi connectivity index (χ1n) is 13.6. The summed E-state index contributed by atoms with van der Waals surface area (Å²) in [5.74, 6) is -9.03. The van der Waals surface area contributed by atoms with Crippen LogP contribution in [0.15, 0.2) is 84.4 Å². The van der Waals surface area contributed by atoms with Gasteiger partial charge in [-0.25, -0.2) is 13.7 Å². The van der Waals surface area contributed by atoms with E-state index in [1.54, 1.807) is 36.4 Å². The number of allylic oxidation sites excluding steroid dienone is 2. The number of imide groups is 2. The molecule has 0 aromatic heterocycles. The minimum Gasteiger partial charge on any atom is -0.505 e. The summed E-state index contributed by atoms with van der Waals surface area (Å²) in [6, 6.07) is 16.8. The summed E-state index contributed by atoms with van der Waals surface area (Å²) in [6.07, 6.45) is 1.52. The van der Waals surface area contributed by atoms with Crippen LogP contribution in [0.3, 0.4) is 0 Å². The Bertz CT molecular complexity index is 1770. The van der Waals surface area contributed by atoms with E-state index in [-0.39, 0.29) is 24.1 Å². The number of phenolic OH excluding ortho intramolecular Hbond substituents is 1. The van der Waals surface area contributed by atoms with E-state index in [0.717, 1.165) is 28.0 Å². The number of para-hydroxylation sites is 2. The first-order valence-corrected chi connectivity index (χ1v) is 14.4. The van der Waals surface area contributed by atoms with Crippen LogP contribution >= 0.6 is 23.2 Å². The normalized spacial score (nSPS) is 31.6. The topological polar surface area (TPSA) is 95.0 Å². The lowest BCUT2D eigenvalue weighted by Gasteiger charge is -2.50. The second-order valence-electron chi connectivity index (χ2n) is 11.3. The Hall–Kier alpha value is -4.08. The zero-order valence-electron chi connectivity index (χ0n) is 22.2. The van der Waals surface area contributed by atoms with Crippen LogP contribution in [0.2, 0.25) is 0 Å². The fourth-order valence-electron chi connectivity index (χ4n) is 7.34. The molecule has 2 heterocycles. The van der Waals surface area contributed by atoms with Crippen LogP contribution in [0, 0.1) is 29.4 Å². The smallest absolute Gasteiger partial charge is 0.258 e. The number of alkyl halides is 2. The third kappa shape index (κ3) is 3.58. The molecule has 11 heteroatoms. The van der Waals surface area contributed by atoms with E-state index in [4.69, 9.17) is 23.2 Å². The molecule has 7 nitrogen and oxygen atoms in total. The number of benzene rings is 3. The number of rotatable bonds is 3. The zero-order chi connectivity index (χ0) is 30.4. The summed E-state index contributed by atoms with van der Waals surface area (Å²) in [6.45, 7) is 0. The van der Waals surface area contributed by atoms with Gasteiger partial charge in [-0.1, -0.05) is 42.0 Å². The largest absolute Gasteiger partial charge is 0.505 e. The number of hydrogen-bond acceptors (Lipinski definition) is 5. The zero-order valence-corrected chi connectivity index (χ0v) is 23.7. The summed E-state index contributed by atoms with van der Waals surface area (Å²) in [7, 11) is 0. The molecule has 218 valence electrons. The molecule has 0 unspecified atom stereocenters. The predicted molar refractivity (Wildman–Crippen MR) is 154 cm³/mol. The molecule has 7 rings (SSSR count). The molecule has 3 fully saturated rings. The van der Waals surface area contributed by atoms with Crippen molar-refractivity contribution in [1.82, 2.24) is 0 Å². The van der Waals surface area contributed by atoms with E-state index in [0.29, 0.717) is 11.3 Å². The van der Waals surface area contributed by atoms with Crippen molar-refractivity contribution >= 4 is 58.2 Å². The number of hydrogen-bond donors (Lipinski definition) is 1. The lowest BCUT2D eigenvalue weighted by Crippen LogP contribution is -2.60. The molecule has 6 atom stereocenters. The van der Waals surface area contributed by atoms with Gasteiger partial charge in [-0.05, 0) is 61.2 Å². The third-order valence-electron chi connectivity index (χ3n) is 9.24. The molecule has 3 aromatic carbocycles. The van der Waals surface area contributed by atoms with E-state index in [1.165, 1.54) is 24.3 Å². The van der Waals surface area contributed by atoms with Crippen LogP contribution in [-0.2, 0) is 19.2 Å². The molecule has 0 spiro atoms. The Morgan fingerprint density at radius 3 is 2.14 bits per heavy atom. The van der Waals surface area contributed by atoms with Crippen molar-refractivity contribution in [2.75, 3.05) is 9.80 Å². The lowest BCUT2D eigenvalue weighted by atomic mass is 9.56. The maximum Gasteiger partial charge on any atom is 0.258 e. The molecule has 1 saturated carbocycles. The highest BCUT2D eigenvalue weighted by molar-refractivity contribution is 6.58. The van der Waals surface area contributed by atoms with E-state index in [1.807, 2.05) is 0 Å². The van der Waals surface area contributed by atoms with Gasteiger partial charge >= 0.3 is 0 Å². The van der Waals surface area contributed by atoms with Crippen molar-refractivity contribution in [3.8, 4) is 5.75 Å². The average Bonchev–Trinajstić information content (AvgIpc) is 3.34. The SMILES string of the molecule is O=C1[C@H]2[C@H](CC=C3[C@H]2C[C@@]2(Cl)C(=O)N(c4ccc(F)cc4)C(=O)[C@@]2(Cl)[C@H]3c2cccc(F)c2O)C(=O)N1c1ccccc1. The van der Waals surface area contributed by atoms with E-state index >= 15 is 0 Å². The minimum atomic E-state index is -2.27. The summed E-state index contributed by atoms with van der Waals surface area (Å²) in [4.78, 5) is 53.5. The fourth-order valence-corrected chi connectivity index (χ4v) is 8.27. The van der Waals surface area contributed by atoms with Gasteiger partial charge in [0.15, 0.2) is 21.3 Å². The molecule has 0 bridgehead atoms. The Kier molecular flexibility index (Phi) is 6.10. The second-order valence-corrected chi connectivity index (χ2v) is 12.5. The molecular weight excluding hydrogens is 601 g/mol. The van der Waals surface area contributed by atoms with Crippen LogP contribution in [0.25, 0.3) is 0 Å². The molecule has 2 aliphatic carbocycles. The minimum absolute atomic E-state index is 0.0188. The van der Waals surface area contributed by atoms with E-state index in [9.17, 15) is 33.1 Å². The number of phenols is 1. The van der Waals surface area contributed by atoms with Crippen molar-refractivity contribution in [1.29, 1.82) is 0 Å². The monoisotopic (exact) mass is 622 g/mol. The highest BCUT2D eigenvalue weighted by Gasteiger charge is 2.77. The number of anilines is 2. The van der Waals surface area contributed by atoms with Crippen LogP contribution < -0.4 is 9.80 Å². The van der Waals surface area contributed by atoms with Gasteiger partial charge in [0.05, 0.1) is 23.2 Å². The second kappa shape index (κ2) is 9.46. The van der Waals surface area contributed by atoms with Gasteiger partial charge in [-0.15, -0.1) is 23.2 Å². The van der Waals surface area contributed by atoms with Gasteiger partial charge in [0, 0.05) is 11.5 Å². The van der Waals surface area contributed by atoms with Crippen LogP contribution in [0.1, 0.15) is 24.3 Å². The Morgan fingerprint density at radius 2 is 1.44 bits per heavy atom. The summed E-state index contributed by atoms with van der Waals surface area (Å²) < 4.78 is 28.5. The highest BCUT2D eigenvalue weighted by Crippen LogP contribution is 2.66. The molecule has 1 N–H and O–H groups in total. The number of amides is 4. The number of halogens is 4. The quantitative estimate of drug-likeness (QED) is 0.238. The maximum atomic E-state index is 14.8. The standard InChI is InChI=1S/C32H22Cl2F2N2O5/c33-31-15-22-19(13-14-20-24(22)28(41)37(27(20)40)17-5-2-1-3-6-17)25(21-7-4-8-23(36)26(21)39)32(31,34)30(43)38(29(31)42)18-11-9-16(35)10-12-18/h1-13,20,22,24-25,39H,14-15H2/t20-,22+,24-,25+,31+,32-/m0/s1. The third-order valence-corrected chi connectivity index (χ3v) is 10.7. The van der Waals surface area contributed by atoms with Crippen LogP contribution in [0.4, 0.5) is 20.2 Å². The lowest BCUT2D eigenvalue weighted by molar-refractivity contribution is -0.125. The summed E-state index contributed by atoms with van der Waals surface area (Å²) in [5.41, 5.74) is 0.732. The predicted octanol–water partition coefficient (Wildman–Crippen LogP) is 5.44. The van der Waals surface area contributed by atoms with Gasteiger partial charge in [-0.3, -0.25) is 24.1 Å². The molecule has 0 radical (unpaired) electrons. The number of aromatic hydroxyl groups is 1. The molecular formula is C32H22Cl2F2N2O5. The first kappa shape index (κ1) is 27.7. The van der Waals surface area contributed by atoms with E-state index in [2.05, 4.69) is 0 Å². The van der Waals surface area contributed by atoms with E-state index < -0.39 is 74.4 Å². The Morgan fingerprint density at radius 1 is 0.767 bits per heavy atom. The summed E-state index contributed by atoms with van der Waals surface area (Å²) >= 11 is 14.4. The van der Waals surface area contributed by atoms with Gasteiger partial charge < -0.3 is 5.11 Å². The van der Waals surface area contributed by atoms with Gasteiger partial charge in [0.1, 0.15) is 5.82 Å². The number of nitrogens with zero attached hydrogens (tertiary/aromatic N) is 2. The first-order chi connectivity index (χ1) is 20.5. The highest BCUT2D eigenvalue weighted by atomic mass is 35.5.